The number of hydrogen-bond donors (Lipinski definition) is 1. The highest BCUT2D eigenvalue weighted by Crippen LogP contribution is 2.23. The number of rotatable bonds is 5. The number of hydrogen-bond acceptors (Lipinski definition) is 6. The van der Waals surface area contributed by atoms with Gasteiger partial charge in [0.25, 0.3) is 5.91 Å². The van der Waals surface area contributed by atoms with Gasteiger partial charge in [-0.25, -0.2) is 8.42 Å². The van der Waals surface area contributed by atoms with Crippen molar-refractivity contribution in [3.8, 4) is 0 Å². The van der Waals surface area contributed by atoms with Crippen LogP contribution in [0.3, 0.4) is 0 Å². The first kappa shape index (κ1) is 19.3. The third-order valence-corrected chi connectivity index (χ3v) is 6.56. The standard InChI is InChI=1S/C19H24N4O3S/c1-4-23(15-9-10-27(25,26)12-15)18-8-7-16(21-22-18)19(24)20-17-11-13(2)5-6-14(17)3/h5-8,11,15H,4,9-10,12H2,1-3H3,(H,20,24). The summed E-state index contributed by atoms with van der Waals surface area (Å²) in [7, 11) is -2.98. The van der Waals surface area contributed by atoms with Crippen molar-refractivity contribution in [3.05, 3.63) is 47.2 Å². The molecule has 8 heteroatoms. The molecule has 1 atom stereocenters. The van der Waals surface area contributed by atoms with E-state index in [1.807, 2.05) is 43.9 Å². The van der Waals surface area contributed by atoms with E-state index in [2.05, 4.69) is 15.5 Å². The number of carbonyl (C=O) groups excluding carboxylic acids is 1. The van der Waals surface area contributed by atoms with Crippen LogP contribution < -0.4 is 10.2 Å². The molecule has 0 aliphatic carbocycles. The van der Waals surface area contributed by atoms with E-state index in [0.717, 1.165) is 16.8 Å². The van der Waals surface area contributed by atoms with Crippen molar-refractivity contribution in [3.63, 3.8) is 0 Å². The van der Waals surface area contributed by atoms with E-state index in [0.29, 0.717) is 18.8 Å². The first-order valence-electron chi connectivity index (χ1n) is 8.98. The number of nitrogens with one attached hydrogen (secondary N) is 1. The molecule has 3 rings (SSSR count). The van der Waals surface area contributed by atoms with Crippen molar-refractivity contribution < 1.29 is 13.2 Å². The van der Waals surface area contributed by atoms with Gasteiger partial charge in [-0.2, -0.15) is 0 Å². The van der Waals surface area contributed by atoms with Gasteiger partial charge in [-0.1, -0.05) is 12.1 Å². The van der Waals surface area contributed by atoms with Crippen LogP contribution in [0, 0.1) is 13.8 Å². The summed E-state index contributed by atoms with van der Waals surface area (Å²) < 4.78 is 23.5. The average Bonchev–Trinajstić information content (AvgIpc) is 2.99. The van der Waals surface area contributed by atoms with Gasteiger partial charge in [-0.15, -0.1) is 10.2 Å². The largest absolute Gasteiger partial charge is 0.351 e. The van der Waals surface area contributed by atoms with E-state index in [-0.39, 0.29) is 29.1 Å². The van der Waals surface area contributed by atoms with E-state index < -0.39 is 9.84 Å². The second kappa shape index (κ2) is 7.64. The molecule has 7 nitrogen and oxygen atoms in total. The molecular formula is C19H24N4O3S. The lowest BCUT2D eigenvalue weighted by Crippen LogP contribution is -2.37. The molecule has 2 heterocycles. The summed E-state index contributed by atoms with van der Waals surface area (Å²) >= 11 is 0. The van der Waals surface area contributed by atoms with Crippen molar-refractivity contribution in [1.29, 1.82) is 0 Å². The molecule has 1 aliphatic heterocycles. The molecule has 1 amide bonds. The third kappa shape index (κ3) is 4.44. The Morgan fingerprint density at radius 1 is 1.22 bits per heavy atom. The predicted octanol–water partition coefficient (Wildman–Crippen LogP) is 2.36. The molecule has 1 aromatic heterocycles. The molecule has 1 unspecified atom stereocenters. The predicted molar refractivity (Wildman–Crippen MR) is 106 cm³/mol. The number of aryl methyl sites for hydroxylation is 2. The normalized spacial score (nSPS) is 18.3. The summed E-state index contributed by atoms with van der Waals surface area (Å²) in [5, 5.41) is 11.1. The molecule has 0 radical (unpaired) electrons. The van der Waals surface area contributed by atoms with Gasteiger partial charge in [0.05, 0.1) is 11.5 Å². The molecule has 1 aromatic carbocycles. The number of sulfone groups is 1. The molecule has 0 saturated carbocycles. The number of carbonyl (C=O) groups is 1. The highest BCUT2D eigenvalue weighted by molar-refractivity contribution is 7.91. The third-order valence-electron chi connectivity index (χ3n) is 4.81. The maximum Gasteiger partial charge on any atom is 0.276 e. The van der Waals surface area contributed by atoms with Gasteiger partial charge in [0, 0.05) is 18.3 Å². The summed E-state index contributed by atoms with van der Waals surface area (Å²) in [6.07, 6.45) is 0.590. The molecule has 0 spiro atoms. The van der Waals surface area contributed by atoms with Crippen LogP contribution in [0.15, 0.2) is 30.3 Å². The summed E-state index contributed by atoms with van der Waals surface area (Å²) in [5.41, 5.74) is 2.99. The van der Waals surface area contributed by atoms with Crippen molar-refractivity contribution in [2.24, 2.45) is 0 Å². The number of anilines is 2. The van der Waals surface area contributed by atoms with Crippen LogP contribution in [-0.2, 0) is 9.84 Å². The summed E-state index contributed by atoms with van der Waals surface area (Å²) in [5.74, 6) is 0.604. The first-order chi connectivity index (χ1) is 12.8. The zero-order valence-electron chi connectivity index (χ0n) is 15.8. The van der Waals surface area contributed by atoms with E-state index in [9.17, 15) is 13.2 Å². The molecule has 1 fully saturated rings. The Hall–Kier alpha value is -2.48. The Labute approximate surface area is 159 Å². The van der Waals surface area contributed by atoms with Crippen molar-refractivity contribution in [2.75, 3.05) is 28.3 Å². The Bertz CT molecular complexity index is 942. The maximum absolute atomic E-state index is 12.5. The SMILES string of the molecule is CCN(c1ccc(C(=O)Nc2cc(C)ccc2C)nn1)C1CCS(=O)(=O)C1. The van der Waals surface area contributed by atoms with E-state index in [4.69, 9.17) is 0 Å². The molecule has 144 valence electrons. The fourth-order valence-electron chi connectivity index (χ4n) is 3.28. The number of nitrogens with zero attached hydrogens (tertiary/aromatic N) is 3. The summed E-state index contributed by atoms with van der Waals surface area (Å²) in [4.78, 5) is 14.4. The van der Waals surface area contributed by atoms with Gasteiger partial charge in [-0.3, -0.25) is 4.79 Å². The fraction of sp³-hybridized carbons (Fsp3) is 0.421. The lowest BCUT2D eigenvalue weighted by atomic mass is 10.1. The van der Waals surface area contributed by atoms with Crippen LogP contribution in [0.5, 0.6) is 0 Å². The minimum atomic E-state index is -2.98. The van der Waals surface area contributed by atoms with Gasteiger partial charge in [0.2, 0.25) is 0 Å². The fourth-order valence-corrected chi connectivity index (χ4v) is 5.02. The molecule has 1 saturated heterocycles. The topological polar surface area (TPSA) is 92.3 Å². The molecule has 1 N–H and O–H groups in total. The van der Waals surface area contributed by atoms with Gasteiger partial charge >= 0.3 is 0 Å². The van der Waals surface area contributed by atoms with Gasteiger partial charge < -0.3 is 10.2 Å². The zero-order valence-corrected chi connectivity index (χ0v) is 16.6. The van der Waals surface area contributed by atoms with Gasteiger partial charge in [0.1, 0.15) is 0 Å². The smallest absolute Gasteiger partial charge is 0.276 e. The van der Waals surface area contributed by atoms with E-state index in [1.54, 1.807) is 12.1 Å². The second-order valence-electron chi connectivity index (χ2n) is 6.89. The number of aromatic nitrogens is 2. The van der Waals surface area contributed by atoms with E-state index >= 15 is 0 Å². The Morgan fingerprint density at radius 2 is 2.00 bits per heavy atom. The minimum Gasteiger partial charge on any atom is -0.351 e. The van der Waals surface area contributed by atoms with Crippen molar-refractivity contribution >= 4 is 27.2 Å². The number of benzene rings is 1. The number of amides is 1. The Balaban J connectivity index is 1.74. The maximum atomic E-state index is 12.5. The molecule has 2 aromatic rings. The lowest BCUT2D eigenvalue weighted by molar-refractivity contribution is 0.102. The van der Waals surface area contributed by atoms with E-state index in [1.165, 1.54) is 0 Å². The summed E-state index contributed by atoms with van der Waals surface area (Å²) in [6.45, 7) is 6.47. The summed E-state index contributed by atoms with van der Waals surface area (Å²) in [6, 6.07) is 9.10. The van der Waals surface area contributed by atoms with Crippen LogP contribution in [-0.4, -0.2) is 48.6 Å². The van der Waals surface area contributed by atoms with Crippen LogP contribution in [0.25, 0.3) is 0 Å². The molecule has 1 aliphatic rings. The van der Waals surface area contributed by atoms with Crippen LogP contribution in [0.1, 0.15) is 35.0 Å². The lowest BCUT2D eigenvalue weighted by Gasteiger charge is -2.27. The highest BCUT2D eigenvalue weighted by atomic mass is 32.2. The minimum absolute atomic E-state index is 0.0936. The van der Waals surface area contributed by atoms with Crippen LogP contribution in [0.2, 0.25) is 0 Å². The zero-order chi connectivity index (χ0) is 19.6. The van der Waals surface area contributed by atoms with Crippen molar-refractivity contribution in [2.45, 2.75) is 33.2 Å². The van der Waals surface area contributed by atoms with Crippen LogP contribution >= 0.6 is 0 Å². The quantitative estimate of drug-likeness (QED) is 0.845. The van der Waals surface area contributed by atoms with Gasteiger partial charge in [-0.05, 0) is 56.5 Å². The van der Waals surface area contributed by atoms with Crippen molar-refractivity contribution in [1.82, 2.24) is 10.2 Å². The molecule has 0 bridgehead atoms. The monoisotopic (exact) mass is 388 g/mol. The Kier molecular flexibility index (Phi) is 5.46. The molecule has 27 heavy (non-hydrogen) atoms. The first-order valence-corrected chi connectivity index (χ1v) is 10.8. The highest BCUT2D eigenvalue weighted by Gasteiger charge is 2.32. The Morgan fingerprint density at radius 3 is 2.59 bits per heavy atom. The van der Waals surface area contributed by atoms with Crippen LogP contribution in [0.4, 0.5) is 11.5 Å². The van der Waals surface area contributed by atoms with Gasteiger partial charge in [0.15, 0.2) is 21.3 Å². The average molecular weight is 388 g/mol. The molecular weight excluding hydrogens is 364 g/mol. The second-order valence-corrected chi connectivity index (χ2v) is 9.12.